The Kier molecular flexibility index (Phi) is 4.93. The first kappa shape index (κ1) is 14.6. The van der Waals surface area contributed by atoms with E-state index in [1.807, 2.05) is 0 Å². The van der Waals surface area contributed by atoms with Gasteiger partial charge < -0.3 is 19.7 Å². The Morgan fingerprint density at radius 3 is 2.63 bits per heavy atom. The van der Waals surface area contributed by atoms with Gasteiger partial charge in [0.05, 0.1) is 0 Å². The normalized spacial score (nSPS) is 9.74. The van der Waals surface area contributed by atoms with E-state index in [0.717, 1.165) is 6.08 Å². The van der Waals surface area contributed by atoms with Crippen LogP contribution in [0.1, 0.15) is 15.9 Å². The van der Waals surface area contributed by atoms with Gasteiger partial charge in [-0.3, -0.25) is 0 Å². The van der Waals surface area contributed by atoms with E-state index in [1.54, 1.807) is 6.92 Å². The first-order valence-electron chi connectivity index (χ1n) is 5.44. The summed E-state index contributed by atoms with van der Waals surface area (Å²) >= 11 is 0. The number of hydrogen-bond donors (Lipinski definition) is 2. The molecule has 2 N–H and O–H groups in total. The van der Waals surface area contributed by atoms with Crippen LogP contribution in [0.5, 0.6) is 11.5 Å². The van der Waals surface area contributed by atoms with Crippen LogP contribution in [0.2, 0.25) is 0 Å². The summed E-state index contributed by atoms with van der Waals surface area (Å²) < 4.78 is 9.88. The van der Waals surface area contributed by atoms with Gasteiger partial charge in [0, 0.05) is 12.1 Å². The molecule has 0 aliphatic heterocycles. The third-order valence-electron chi connectivity index (χ3n) is 2.25. The number of carboxylic acids is 1. The number of phenols is 1. The molecule has 0 atom stereocenters. The van der Waals surface area contributed by atoms with E-state index in [9.17, 15) is 14.7 Å². The number of aryl methyl sites for hydroxylation is 1. The van der Waals surface area contributed by atoms with Crippen molar-refractivity contribution in [1.82, 2.24) is 0 Å². The minimum Gasteiger partial charge on any atom is -0.508 e. The molecule has 0 saturated heterocycles. The van der Waals surface area contributed by atoms with Crippen molar-refractivity contribution in [2.45, 2.75) is 6.92 Å². The van der Waals surface area contributed by atoms with Crippen molar-refractivity contribution in [2.75, 3.05) is 13.2 Å². The average molecular weight is 266 g/mol. The molecule has 0 aromatic heterocycles. The van der Waals surface area contributed by atoms with E-state index in [0.29, 0.717) is 5.56 Å². The smallest absolute Gasteiger partial charge is 0.339 e. The highest BCUT2D eigenvalue weighted by molar-refractivity contribution is 5.93. The first-order valence-corrected chi connectivity index (χ1v) is 5.44. The number of carbonyl (C=O) groups excluding carboxylic acids is 1. The Bertz CT molecular complexity index is 506. The van der Waals surface area contributed by atoms with Crippen LogP contribution in [0.25, 0.3) is 0 Å². The summed E-state index contributed by atoms with van der Waals surface area (Å²) in [5.41, 5.74) is 0.346. The van der Waals surface area contributed by atoms with Crippen LogP contribution in [0.15, 0.2) is 24.8 Å². The number of esters is 1. The largest absolute Gasteiger partial charge is 0.508 e. The number of benzene rings is 1. The second kappa shape index (κ2) is 6.44. The lowest BCUT2D eigenvalue weighted by Crippen LogP contribution is -2.12. The number of hydrogen-bond acceptors (Lipinski definition) is 5. The third-order valence-corrected chi connectivity index (χ3v) is 2.25. The lowest BCUT2D eigenvalue weighted by molar-refractivity contribution is -0.138. The number of carbonyl (C=O) groups is 2. The van der Waals surface area contributed by atoms with Crippen molar-refractivity contribution in [3.63, 3.8) is 0 Å². The third kappa shape index (κ3) is 4.02. The standard InChI is InChI=1S/C13H14O6/c1-3-11(15)19-5-4-18-10-7-9(14)6-8(2)12(10)13(16)17/h3,6-7,14H,1,4-5H2,2H3,(H,16,17). The molecule has 6 nitrogen and oxygen atoms in total. The van der Waals surface area contributed by atoms with Crippen molar-refractivity contribution in [1.29, 1.82) is 0 Å². The Balaban J connectivity index is 2.74. The summed E-state index contributed by atoms with van der Waals surface area (Å²) in [6.07, 6.45) is 1.02. The fourth-order valence-electron chi connectivity index (χ4n) is 1.48. The second-order valence-corrected chi connectivity index (χ2v) is 3.66. The molecule has 1 rings (SSSR count). The molecule has 0 unspecified atom stereocenters. The molecule has 0 spiro atoms. The molecule has 0 aliphatic rings. The lowest BCUT2D eigenvalue weighted by Gasteiger charge is -2.11. The lowest BCUT2D eigenvalue weighted by atomic mass is 10.1. The van der Waals surface area contributed by atoms with Gasteiger partial charge in [0.1, 0.15) is 30.3 Å². The SMILES string of the molecule is C=CC(=O)OCCOc1cc(O)cc(C)c1C(=O)O. The van der Waals surface area contributed by atoms with Gasteiger partial charge in [-0.2, -0.15) is 0 Å². The van der Waals surface area contributed by atoms with Gasteiger partial charge in [0.15, 0.2) is 0 Å². The van der Waals surface area contributed by atoms with Crippen LogP contribution in [-0.2, 0) is 9.53 Å². The molecular formula is C13H14O6. The van der Waals surface area contributed by atoms with Crippen molar-refractivity contribution in [3.05, 3.63) is 35.9 Å². The second-order valence-electron chi connectivity index (χ2n) is 3.66. The van der Waals surface area contributed by atoms with E-state index >= 15 is 0 Å². The summed E-state index contributed by atoms with van der Waals surface area (Å²) in [4.78, 5) is 21.9. The molecule has 6 heteroatoms. The van der Waals surface area contributed by atoms with Crippen molar-refractivity contribution < 1.29 is 29.3 Å². The van der Waals surface area contributed by atoms with E-state index in [1.165, 1.54) is 12.1 Å². The minimum absolute atomic E-state index is 0.0250. The molecule has 0 radical (unpaired) electrons. The number of rotatable bonds is 6. The van der Waals surface area contributed by atoms with Crippen LogP contribution < -0.4 is 4.74 Å². The highest BCUT2D eigenvalue weighted by Crippen LogP contribution is 2.27. The van der Waals surface area contributed by atoms with Crippen molar-refractivity contribution in [2.24, 2.45) is 0 Å². The number of aromatic carboxylic acids is 1. The summed E-state index contributed by atoms with van der Waals surface area (Å²) in [7, 11) is 0. The van der Waals surface area contributed by atoms with E-state index in [4.69, 9.17) is 9.84 Å². The summed E-state index contributed by atoms with van der Waals surface area (Å²) in [6.45, 7) is 4.71. The average Bonchev–Trinajstić information content (AvgIpc) is 2.32. The van der Waals surface area contributed by atoms with Crippen LogP contribution in [0.3, 0.4) is 0 Å². The summed E-state index contributed by atoms with van der Waals surface area (Å²) in [5.74, 6) is -1.81. The number of phenolic OH excluding ortho intramolecular Hbond substituents is 1. The fraction of sp³-hybridized carbons (Fsp3) is 0.231. The predicted octanol–water partition coefficient (Wildman–Crippen LogP) is 1.51. The molecule has 0 fully saturated rings. The van der Waals surface area contributed by atoms with Gasteiger partial charge in [-0.05, 0) is 18.6 Å². The Hall–Kier alpha value is -2.50. The summed E-state index contributed by atoms with van der Waals surface area (Å²) in [5, 5.41) is 18.5. The van der Waals surface area contributed by atoms with Crippen LogP contribution in [-0.4, -0.2) is 35.4 Å². The molecule has 0 heterocycles. The zero-order valence-electron chi connectivity index (χ0n) is 10.4. The van der Waals surface area contributed by atoms with Crippen LogP contribution in [0, 0.1) is 6.92 Å². The quantitative estimate of drug-likeness (QED) is 0.460. The fourth-order valence-corrected chi connectivity index (χ4v) is 1.48. The predicted molar refractivity (Wildman–Crippen MR) is 66.5 cm³/mol. The highest BCUT2D eigenvalue weighted by atomic mass is 16.6. The molecule has 1 aromatic carbocycles. The van der Waals surface area contributed by atoms with Crippen molar-refractivity contribution >= 4 is 11.9 Å². The molecule has 0 amide bonds. The van der Waals surface area contributed by atoms with Crippen LogP contribution >= 0.6 is 0 Å². The monoisotopic (exact) mass is 266 g/mol. The Morgan fingerprint density at radius 2 is 2.05 bits per heavy atom. The zero-order chi connectivity index (χ0) is 14.4. The van der Waals surface area contributed by atoms with Gasteiger partial charge in [-0.25, -0.2) is 9.59 Å². The van der Waals surface area contributed by atoms with Gasteiger partial charge in [0.2, 0.25) is 0 Å². The first-order chi connectivity index (χ1) is 8.95. The number of ether oxygens (including phenoxy) is 2. The maximum Gasteiger partial charge on any atom is 0.339 e. The molecular weight excluding hydrogens is 252 g/mol. The van der Waals surface area contributed by atoms with Crippen LogP contribution in [0.4, 0.5) is 0 Å². The van der Waals surface area contributed by atoms with Gasteiger partial charge in [-0.15, -0.1) is 0 Å². The molecule has 0 aliphatic carbocycles. The zero-order valence-corrected chi connectivity index (χ0v) is 10.4. The molecule has 0 saturated carbocycles. The van der Waals surface area contributed by atoms with Gasteiger partial charge in [-0.1, -0.05) is 6.58 Å². The van der Waals surface area contributed by atoms with E-state index in [-0.39, 0.29) is 30.3 Å². The molecule has 19 heavy (non-hydrogen) atoms. The maximum absolute atomic E-state index is 11.1. The van der Waals surface area contributed by atoms with Crippen molar-refractivity contribution in [3.8, 4) is 11.5 Å². The van der Waals surface area contributed by atoms with Gasteiger partial charge >= 0.3 is 11.9 Å². The van der Waals surface area contributed by atoms with E-state index in [2.05, 4.69) is 11.3 Å². The molecule has 1 aromatic rings. The summed E-state index contributed by atoms with van der Waals surface area (Å²) in [6, 6.07) is 2.53. The number of aromatic hydroxyl groups is 1. The Morgan fingerprint density at radius 1 is 1.37 bits per heavy atom. The number of carboxylic acid groups (broad SMARTS) is 1. The maximum atomic E-state index is 11.1. The minimum atomic E-state index is -1.16. The molecule has 0 bridgehead atoms. The van der Waals surface area contributed by atoms with E-state index < -0.39 is 11.9 Å². The highest BCUT2D eigenvalue weighted by Gasteiger charge is 2.16. The Labute approximate surface area is 109 Å². The topological polar surface area (TPSA) is 93.1 Å². The van der Waals surface area contributed by atoms with Gasteiger partial charge in [0.25, 0.3) is 0 Å². The molecule has 102 valence electrons.